The number of nitrogens with one attached hydrogen (secondary N) is 1. The van der Waals surface area contributed by atoms with E-state index in [-0.39, 0.29) is 80.5 Å². The van der Waals surface area contributed by atoms with Gasteiger partial charge in [-0.15, -0.1) is 0 Å². The zero-order valence-electron chi connectivity index (χ0n) is 32.5. The topological polar surface area (TPSA) is 173 Å². The van der Waals surface area contributed by atoms with Crippen LogP contribution >= 0.6 is 23.2 Å². The van der Waals surface area contributed by atoms with Crippen molar-refractivity contribution in [3.05, 3.63) is 122 Å². The molecule has 0 radical (unpaired) electrons. The zero-order valence-corrected chi connectivity index (χ0v) is 34.8. The first-order valence-electron chi connectivity index (χ1n) is 19.4. The van der Waals surface area contributed by atoms with Gasteiger partial charge in [-0.2, -0.15) is 13.5 Å². The van der Waals surface area contributed by atoms with Gasteiger partial charge in [0.1, 0.15) is 27.6 Å². The highest BCUT2D eigenvalue weighted by atomic mass is 35.5. The Morgan fingerprint density at radius 1 is 0.950 bits per heavy atom. The van der Waals surface area contributed by atoms with Gasteiger partial charge >= 0.3 is 18.6 Å². The number of anilines is 1. The molecule has 4 heterocycles. The third-order valence-electron chi connectivity index (χ3n) is 10.9. The van der Waals surface area contributed by atoms with E-state index in [0.29, 0.717) is 16.8 Å². The van der Waals surface area contributed by atoms with Gasteiger partial charge in [0.15, 0.2) is 39.8 Å². The van der Waals surface area contributed by atoms with Crippen molar-refractivity contribution < 1.29 is 50.5 Å². The van der Waals surface area contributed by atoms with Gasteiger partial charge in [0.05, 0.1) is 12.2 Å². The summed E-state index contributed by atoms with van der Waals surface area (Å²) in [6, 6.07) is 15.9. The predicted molar refractivity (Wildman–Crippen MR) is 219 cm³/mol. The van der Waals surface area contributed by atoms with Crippen molar-refractivity contribution in [3.8, 4) is 11.5 Å². The maximum Gasteiger partial charge on any atom is 0.387 e. The number of nitrogens with two attached hydrogens (primary N) is 1. The van der Waals surface area contributed by atoms with Gasteiger partial charge in [0.2, 0.25) is 0 Å². The van der Waals surface area contributed by atoms with Crippen LogP contribution in [-0.2, 0) is 30.5 Å². The number of aromatic nitrogens is 1. The van der Waals surface area contributed by atoms with Gasteiger partial charge in [0, 0.05) is 30.5 Å². The summed E-state index contributed by atoms with van der Waals surface area (Å²) in [4.78, 5) is 30.6. The number of esters is 2. The Bertz CT molecular complexity index is 2290. The fraction of sp³-hybridized carbons (Fsp3) is 0.405. The highest BCUT2D eigenvalue weighted by Gasteiger charge is 2.38. The first-order chi connectivity index (χ1) is 28.6. The largest absolute Gasteiger partial charge is 0.619 e. The minimum atomic E-state index is -3.92. The molecular formula is C42H44Cl2F2N4O9S. The average Bonchev–Trinajstić information content (AvgIpc) is 4.05. The lowest BCUT2D eigenvalue weighted by molar-refractivity contribution is -0.605. The zero-order chi connectivity index (χ0) is 42.7. The fourth-order valence-corrected chi connectivity index (χ4v) is 8.70. The monoisotopic (exact) mass is 888 g/mol. The van der Waals surface area contributed by atoms with Gasteiger partial charge in [-0.05, 0) is 97.6 Å². The van der Waals surface area contributed by atoms with Crippen molar-refractivity contribution in [2.75, 3.05) is 37.8 Å². The van der Waals surface area contributed by atoms with Crippen molar-refractivity contribution in [3.63, 3.8) is 0 Å². The molecule has 3 aliphatic heterocycles. The first-order valence-corrected chi connectivity index (χ1v) is 22.1. The molecule has 0 amide bonds. The highest BCUT2D eigenvalue weighted by molar-refractivity contribution is 7.90. The second kappa shape index (κ2) is 18.5. The summed E-state index contributed by atoms with van der Waals surface area (Å²) in [5, 5.41) is 13.6. The molecule has 18 heteroatoms. The quantitative estimate of drug-likeness (QED) is 0.0636. The number of alkyl halides is 2. The summed E-state index contributed by atoms with van der Waals surface area (Å²) in [6.45, 7) is -0.379. The lowest BCUT2D eigenvalue weighted by Gasteiger charge is -2.44. The van der Waals surface area contributed by atoms with Crippen LogP contribution in [0.25, 0.3) is 0 Å². The lowest BCUT2D eigenvalue weighted by atomic mass is 9.86. The van der Waals surface area contributed by atoms with Gasteiger partial charge in [-0.25, -0.2) is 18.0 Å². The standard InChI is InChI=1S/C42H44Cl2F2N4O9S/c1-60(54,55)39(47)28-15-29(17-30(16-28)48-38(26-5-3-2-4-6-26)41(52)58-37-22-49-13-11-25(37)12-14-49)40(51)57-35(19-31-32(43)20-50(53)21-33(31)44)27-9-10-34(59-42(45)46)36(18-27)56-23-24-7-8-24/h2-6,9-10,15-18,20-21,24-25,35,37-39,42,48H,7-8,11-14,19,22-23,47H2,1H3/t35-,37-,38?,39?/m0/s1. The Hall–Kier alpha value is -4.74. The SMILES string of the molecule is CS(=O)(=O)C(N)c1cc(NC(C(=O)O[C@H]2CN3CCC2CC3)c2ccccc2)cc(C(=O)O[C@@H](Cc2c(Cl)c[n+]([O-])cc2Cl)c2ccc(OC(F)F)c(OCC3CC3)c2)c1. The van der Waals surface area contributed by atoms with Crippen LogP contribution in [0.5, 0.6) is 11.5 Å². The second-order valence-electron chi connectivity index (χ2n) is 15.4. The molecule has 4 atom stereocenters. The lowest BCUT2D eigenvalue weighted by Crippen LogP contribution is -2.52. The van der Waals surface area contributed by atoms with Crippen molar-refractivity contribution in [1.82, 2.24) is 4.90 Å². The third-order valence-corrected chi connectivity index (χ3v) is 12.8. The molecule has 1 saturated carbocycles. The van der Waals surface area contributed by atoms with Crippen molar-refractivity contribution in [1.29, 1.82) is 0 Å². The van der Waals surface area contributed by atoms with Crippen molar-refractivity contribution in [2.24, 2.45) is 17.6 Å². The number of piperidine rings is 3. The summed E-state index contributed by atoms with van der Waals surface area (Å²) in [5.74, 6) is -1.30. The minimum absolute atomic E-state index is 0.0157. The molecule has 3 saturated heterocycles. The maximum absolute atomic E-state index is 14.4. The van der Waals surface area contributed by atoms with Gasteiger partial charge < -0.3 is 35.2 Å². The van der Waals surface area contributed by atoms with E-state index in [1.54, 1.807) is 30.3 Å². The molecule has 320 valence electrons. The minimum Gasteiger partial charge on any atom is -0.619 e. The number of hydrogen-bond acceptors (Lipinski definition) is 12. The van der Waals surface area contributed by atoms with Crippen LogP contribution in [0.15, 0.2) is 79.1 Å². The normalized spacial score (nSPS) is 20.2. The Kier molecular flexibility index (Phi) is 13.4. The van der Waals surface area contributed by atoms with Crippen LogP contribution in [0.1, 0.15) is 75.8 Å². The van der Waals surface area contributed by atoms with Crippen LogP contribution in [0.3, 0.4) is 0 Å². The second-order valence-corrected chi connectivity index (χ2v) is 18.4. The Morgan fingerprint density at radius 2 is 1.65 bits per heavy atom. The summed E-state index contributed by atoms with van der Waals surface area (Å²) in [5.41, 5.74) is 7.31. The summed E-state index contributed by atoms with van der Waals surface area (Å²) >= 11 is 12.9. The number of ether oxygens (including phenoxy) is 4. The van der Waals surface area contributed by atoms with Gasteiger partial charge in [-0.1, -0.05) is 59.6 Å². The number of carbonyl (C=O) groups is 2. The van der Waals surface area contributed by atoms with Gasteiger partial charge in [0.25, 0.3) is 0 Å². The molecule has 4 aromatic rings. The maximum atomic E-state index is 14.4. The molecule has 2 bridgehead atoms. The number of rotatable bonds is 17. The Morgan fingerprint density at radius 3 is 2.27 bits per heavy atom. The van der Waals surface area contributed by atoms with Crippen LogP contribution < -0.4 is 25.3 Å². The molecule has 4 aliphatic rings. The third kappa shape index (κ3) is 10.8. The first kappa shape index (κ1) is 43.4. The predicted octanol–water partition coefficient (Wildman–Crippen LogP) is 6.95. The van der Waals surface area contributed by atoms with E-state index >= 15 is 0 Å². The number of benzene rings is 3. The number of hydrogen-bond donors (Lipinski definition) is 2. The van der Waals surface area contributed by atoms with E-state index in [2.05, 4.69) is 10.2 Å². The van der Waals surface area contributed by atoms with Crippen molar-refractivity contribution in [2.45, 2.75) is 62.3 Å². The number of halogens is 4. The summed E-state index contributed by atoms with van der Waals surface area (Å²) in [6.07, 6.45) is 5.03. The van der Waals surface area contributed by atoms with E-state index in [0.717, 1.165) is 57.4 Å². The van der Waals surface area contributed by atoms with Crippen LogP contribution in [0.4, 0.5) is 14.5 Å². The van der Waals surface area contributed by atoms with Crippen LogP contribution in [0.2, 0.25) is 10.0 Å². The molecule has 3 N–H and O–H groups in total. The van der Waals surface area contributed by atoms with E-state index in [4.69, 9.17) is 47.9 Å². The number of nitrogens with zero attached hydrogens (tertiary/aromatic N) is 2. The summed E-state index contributed by atoms with van der Waals surface area (Å²) < 4.78 is 75.6. The molecule has 1 aromatic heterocycles. The van der Waals surface area contributed by atoms with Crippen LogP contribution in [-0.4, -0.2) is 70.5 Å². The molecule has 13 nitrogen and oxygen atoms in total. The molecule has 3 aromatic carbocycles. The Labute approximate surface area is 356 Å². The van der Waals surface area contributed by atoms with Crippen LogP contribution in [0, 0.1) is 17.0 Å². The summed E-state index contributed by atoms with van der Waals surface area (Å²) in [7, 11) is -3.92. The number of fused-ring (bicyclic) bond motifs is 3. The fourth-order valence-electron chi connectivity index (χ4n) is 7.48. The molecule has 4 fully saturated rings. The molecule has 0 spiro atoms. The number of carbonyl (C=O) groups excluding carboxylic acids is 2. The average molecular weight is 890 g/mol. The van der Waals surface area contributed by atoms with Crippen molar-refractivity contribution >= 4 is 50.7 Å². The number of sulfone groups is 1. The molecule has 8 rings (SSSR count). The molecule has 1 aliphatic carbocycles. The van der Waals surface area contributed by atoms with E-state index in [1.165, 1.54) is 36.4 Å². The van der Waals surface area contributed by atoms with Gasteiger partial charge in [-0.3, -0.25) is 4.90 Å². The van der Waals surface area contributed by atoms with E-state index < -0.39 is 45.9 Å². The molecular weight excluding hydrogens is 845 g/mol. The Balaban J connectivity index is 1.24. The number of pyridine rings is 1. The highest BCUT2D eigenvalue weighted by Crippen LogP contribution is 2.39. The molecule has 2 unspecified atom stereocenters. The smallest absolute Gasteiger partial charge is 0.387 e. The van der Waals surface area contributed by atoms with E-state index in [1.807, 2.05) is 0 Å². The van der Waals surface area contributed by atoms with E-state index in [9.17, 15) is 32.0 Å². The molecule has 60 heavy (non-hydrogen) atoms.